The van der Waals surface area contributed by atoms with Crippen LogP contribution in [0.1, 0.15) is 25.0 Å². The zero-order valence-corrected chi connectivity index (χ0v) is 12.4. The molecule has 0 aliphatic carbocycles. The average molecular weight is 286 g/mol. The predicted molar refractivity (Wildman–Crippen MR) is 75.4 cm³/mol. The number of rotatable bonds is 7. The van der Waals surface area contributed by atoms with Gasteiger partial charge in [-0.3, -0.25) is 0 Å². The highest BCUT2D eigenvalue weighted by Gasteiger charge is 2.15. The number of nitrogens with zero attached hydrogens (tertiary/aromatic N) is 1. The first-order valence-corrected chi connectivity index (χ1v) is 7.77. The SMILES string of the molecule is CCC(O)c1cccc(S(=O)(=O)NCCN(C)C)c1. The van der Waals surface area contributed by atoms with Crippen molar-refractivity contribution in [2.75, 3.05) is 27.2 Å². The van der Waals surface area contributed by atoms with E-state index in [1.54, 1.807) is 12.1 Å². The van der Waals surface area contributed by atoms with Crippen LogP contribution in [0.25, 0.3) is 0 Å². The fourth-order valence-electron chi connectivity index (χ4n) is 1.61. The van der Waals surface area contributed by atoms with Gasteiger partial charge in [0.05, 0.1) is 11.0 Å². The maximum Gasteiger partial charge on any atom is 0.240 e. The quantitative estimate of drug-likeness (QED) is 0.783. The molecule has 0 aliphatic rings. The van der Waals surface area contributed by atoms with E-state index in [1.165, 1.54) is 12.1 Å². The summed E-state index contributed by atoms with van der Waals surface area (Å²) in [6.45, 7) is 2.84. The molecule has 2 N–H and O–H groups in total. The molecule has 19 heavy (non-hydrogen) atoms. The van der Waals surface area contributed by atoms with Gasteiger partial charge in [0, 0.05) is 13.1 Å². The number of hydrogen-bond donors (Lipinski definition) is 2. The maximum absolute atomic E-state index is 12.1. The zero-order valence-electron chi connectivity index (χ0n) is 11.6. The lowest BCUT2D eigenvalue weighted by atomic mass is 10.1. The maximum atomic E-state index is 12.1. The average Bonchev–Trinajstić information content (AvgIpc) is 2.37. The van der Waals surface area contributed by atoms with Crippen molar-refractivity contribution >= 4 is 10.0 Å². The van der Waals surface area contributed by atoms with E-state index in [0.717, 1.165) is 0 Å². The highest BCUT2D eigenvalue weighted by Crippen LogP contribution is 2.19. The van der Waals surface area contributed by atoms with Crippen LogP contribution in [-0.2, 0) is 10.0 Å². The lowest BCUT2D eigenvalue weighted by Gasteiger charge is -2.13. The number of sulfonamides is 1. The molecular weight excluding hydrogens is 264 g/mol. The molecule has 0 fully saturated rings. The highest BCUT2D eigenvalue weighted by atomic mass is 32.2. The first-order valence-electron chi connectivity index (χ1n) is 6.29. The van der Waals surface area contributed by atoms with Crippen molar-refractivity contribution in [1.29, 1.82) is 0 Å². The molecule has 0 aromatic heterocycles. The normalized spacial score (nSPS) is 13.7. The molecule has 0 amide bonds. The molecule has 0 spiro atoms. The van der Waals surface area contributed by atoms with Crippen molar-refractivity contribution < 1.29 is 13.5 Å². The topological polar surface area (TPSA) is 69.6 Å². The summed E-state index contributed by atoms with van der Waals surface area (Å²) in [6.07, 6.45) is -0.0747. The summed E-state index contributed by atoms with van der Waals surface area (Å²) in [5, 5.41) is 9.75. The van der Waals surface area contributed by atoms with Crippen LogP contribution in [0.2, 0.25) is 0 Å². The van der Waals surface area contributed by atoms with Crippen LogP contribution in [0, 0.1) is 0 Å². The fraction of sp³-hybridized carbons (Fsp3) is 0.538. The zero-order chi connectivity index (χ0) is 14.5. The Bertz CT molecular complexity index is 500. The van der Waals surface area contributed by atoms with E-state index in [-0.39, 0.29) is 4.90 Å². The van der Waals surface area contributed by atoms with Crippen LogP contribution >= 0.6 is 0 Å². The van der Waals surface area contributed by atoms with Gasteiger partial charge >= 0.3 is 0 Å². The largest absolute Gasteiger partial charge is 0.388 e. The van der Waals surface area contributed by atoms with Gasteiger partial charge in [0.1, 0.15) is 0 Å². The first-order chi connectivity index (χ1) is 8.86. The molecule has 0 saturated heterocycles. The summed E-state index contributed by atoms with van der Waals surface area (Å²) >= 11 is 0. The minimum absolute atomic E-state index is 0.191. The summed E-state index contributed by atoms with van der Waals surface area (Å²) < 4.78 is 26.7. The Morgan fingerprint density at radius 2 is 2.05 bits per heavy atom. The summed E-state index contributed by atoms with van der Waals surface area (Å²) in [4.78, 5) is 2.09. The molecular formula is C13H22N2O3S. The minimum Gasteiger partial charge on any atom is -0.388 e. The molecule has 1 rings (SSSR count). The van der Waals surface area contributed by atoms with Crippen molar-refractivity contribution in [2.45, 2.75) is 24.3 Å². The van der Waals surface area contributed by atoms with Crippen LogP contribution in [0.3, 0.4) is 0 Å². The molecule has 1 unspecified atom stereocenters. The number of benzene rings is 1. The highest BCUT2D eigenvalue weighted by molar-refractivity contribution is 7.89. The number of aliphatic hydroxyl groups excluding tert-OH is 1. The van der Waals surface area contributed by atoms with Crippen LogP contribution in [0.15, 0.2) is 29.2 Å². The Kier molecular flexibility index (Phi) is 5.93. The molecule has 0 saturated carbocycles. The molecule has 1 aromatic carbocycles. The summed E-state index contributed by atoms with van der Waals surface area (Å²) in [6, 6.07) is 6.43. The second kappa shape index (κ2) is 7.00. The van der Waals surface area contributed by atoms with Gasteiger partial charge in [-0.15, -0.1) is 0 Å². The molecule has 5 nitrogen and oxygen atoms in total. The monoisotopic (exact) mass is 286 g/mol. The van der Waals surface area contributed by atoms with Gasteiger partial charge in [-0.05, 0) is 38.2 Å². The fourth-order valence-corrected chi connectivity index (χ4v) is 2.69. The molecule has 0 bridgehead atoms. The van der Waals surface area contributed by atoms with E-state index < -0.39 is 16.1 Å². The van der Waals surface area contributed by atoms with Gasteiger partial charge in [0.2, 0.25) is 10.0 Å². The second-order valence-electron chi connectivity index (χ2n) is 4.70. The number of aliphatic hydroxyl groups is 1. The van der Waals surface area contributed by atoms with E-state index >= 15 is 0 Å². The lowest BCUT2D eigenvalue weighted by molar-refractivity contribution is 0.173. The van der Waals surface area contributed by atoms with Gasteiger partial charge in [-0.1, -0.05) is 19.1 Å². The van der Waals surface area contributed by atoms with Crippen molar-refractivity contribution in [3.63, 3.8) is 0 Å². The molecule has 0 aliphatic heterocycles. The third kappa shape index (κ3) is 4.91. The number of nitrogens with one attached hydrogen (secondary N) is 1. The lowest BCUT2D eigenvalue weighted by Crippen LogP contribution is -2.31. The Labute approximate surface area is 115 Å². The smallest absolute Gasteiger partial charge is 0.240 e. The third-order valence-corrected chi connectivity index (χ3v) is 4.25. The van der Waals surface area contributed by atoms with Crippen molar-refractivity contribution in [1.82, 2.24) is 9.62 Å². The number of hydrogen-bond acceptors (Lipinski definition) is 4. The molecule has 1 atom stereocenters. The van der Waals surface area contributed by atoms with Crippen molar-refractivity contribution in [3.8, 4) is 0 Å². The summed E-state index contributed by atoms with van der Waals surface area (Å²) in [5.41, 5.74) is 0.623. The van der Waals surface area contributed by atoms with Gasteiger partial charge in [0.25, 0.3) is 0 Å². The van der Waals surface area contributed by atoms with E-state index in [9.17, 15) is 13.5 Å². The third-order valence-electron chi connectivity index (χ3n) is 2.79. The van der Waals surface area contributed by atoms with Crippen molar-refractivity contribution in [3.05, 3.63) is 29.8 Å². The van der Waals surface area contributed by atoms with Crippen LogP contribution in [-0.4, -0.2) is 45.6 Å². The van der Waals surface area contributed by atoms with Gasteiger partial charge in [-0.25, -0.2) is 13.1 Å². The predicted octanol–water partition coefficient (Wildman–Crippen LogP) is 0.970. The van der Waals surface area contributed by atoms with E-state index in [2.05, 4.69) is 4.72 Å². The second-order valence-corrected chi connectivity index (χ2v) is 6.46. The van der Waals surface area contributed by atoms with Gasteiger partial charge < -0.3 is 10.0 Å². The van der Waals surface area contributed by atoms with E-state index in [4.69, 9.17) is 0 Å². The summed E-state index contributed by atoms with van der Waals surface area (Å²) in [7, 11) is 0.255. The molecule has 0 heterocycles. The van der Waals surface area contributed by atoms with Crippen LogP contribution in [0.5, 0.6) is 0 Å². The Morgan fingerprint density at radius 3 is 2.63 bits per heavy atom. The van der Waals surface area contributed by atoms with Crippen LogP contribution < -0.4 is 4.72 Å². The van der Waals surface area contributed by atoms with Gasteiger partial charge in [-0.2, -0.15) is 0 Å². The van der Waals surface area contributed by atoms with Crippen molar-refractivity contribution in [2.24, 2.45) is 0 Å². The first kappa shape index (κ1) is 16.1. The minimum atomic E-state index is -3.51. The van der Waals surface area contributed by atoms with E-state index in [1.807, 2.05) is 25.9 Å². The Morgan fingerprint density at radius 1 is 1.37 bits per heavy atom. The Hall–Kier alpha value is -0.950. The molecule has 108 valence electrons. The molecule has 1 aromatic rings. The van der Waals surface area contributed by atoms with E-state index in [0.29, 0.717) is 25.1 Å². The standard InChI is InChI=1S/C13H22N2O3S/c1-4-13(16)11-6-5-7-12(10-11)19(17,18)14-8-9-15(2)3/h5-7,10,13-14,16H,4,8-9H2,1-3H3. The number of likely N-dealkylation sites (N-methyl/N-ethyl adjacent to an activating group) is 1. The van der Waals surface area contributed by atoms with Crippen LogP contribution in [0.4, 0.5) is 0 Å². The summed E-state index contributed by atoms with van der Waals surface area (Å²) in [5.74, 6) is 0. The molecule has 6 heteroatoms. The molecule has 0 radical (unpaired) electrons. The van der Waals surface area contributed by atoms with Gasteiger partial charge in [0.15, 0.2) is 0 Å². The Balaban J connectivity index is 2.83.